The zero-order valence-electron chi connectivity index (χ0n) is 8.10. The van der Waals surface area contributed by atoms with Crippen LogP contribution in [0.15, 0.2) is 0 Å². The Labute approximate surface area is 84.5 Å². The van der Waals surface area contributed by atoms with E-state index < -0.39 is 0 Å². The molecule has 0 aromatic rings. The predicted octanol–water partition coefficient (Wildman–Crippen LogP) is 0.534. The highest BCUT2D eigenvalue weighted by Gasteiger charge is 2.33. The van der Waals surface area contributed by atoms with Crippen molar-refractivity contribution in [3.05, 3.63) is 0 Å². The van der Waals surface area contributed by atoms with Crippen molar-refractivity contribution >= 4 is 18.5 Å². The maximum Gasteiger partial charge on any atom is 0.235 e. The Morgan fingerprint density at radius 1 is 1.69 bits per heavy atom. The fourth-order valence-electron chi connectivity index (χ4n) is 1.70. The third kappa shape index (κ3) is 2.38. The van der Waals surface area contributed by atoms with E-state index in [-0.39, 0.29) is 23.2 Å². The second-order valence-corrected chi connectivity index (χ2v) is 4.43. The number of carbonyl (C=O) groups is 1. The Kier molecular flexibility index (Phi) is 3.62. The van der Waals surface area contributed by atoms with E-state index in [2.05, 4.69) is 12.6 Å². The van der Waals surface area contributed by atoms with E-state index >= 15 is 0 Å². The number of hydrogen-bond acceptors (Lipinski definition) is 3. The van der Waals surface area contributed by atoms with Crippen LogP contribution in [0.3, 0.4) is 0 Å². The summed E-state index contributed by atoms with van der Waals surface area (Å²) >= 11 is 4.08. The first-order valence-electron chi connectivity index (χ1n) is 4.71. The van der Waals surface area contributed by atoms with Crippen molar-refractivity contribution < 1.29 is 9.90 Å². The number of β-amino-alcohol motifs (C(OH)–C–C–N with tert-alkyl or cyclic N) is 1. The molecule has 0 saturated carbocycles. The topological polar surface area (TPSA) is 40.5 Å². The van der Waals surface area contributed by atoms with Gasteiger partial charge in [0.1, 0.15) is 0 Å². The number of rotatable bonds is 2. The Bertz CT molecular complexity index is 196. The van der Waals surface area contributed by atoms with Gasteiger partial charge in [-0.25, -0.2) is 0 Å². The smallest absolute Gasteiger partial charge is 0.235 e. The molecule has 1 fully saturated rings. The fourth-order valence-corrected chi connectivity index (χ4v) is 1.86. The van der Waals surface area contributed by atoms with Gasteiger partial charge in [0.25, 0.3) is 0 Å². The van der Waals surface area contributed by atoms with Crippen LogP contribution < -0.4 is 0 Å². The third-order valence-corrected chi connectivity index (χ3v) is 2.82. The summed E-state index contributed by atoms with van der Waals surface area (Å²) in [6.07, 6.45) is 0.576. The fraction of sp³-hybridized carbons (Fsp3) is 0.889. The lowest BCUT2D eigenvalue weighted by atomic mass is 10.0. The van der Waals surface area contributed by atoms with Crippen molar-refractivity contribution in [2.75, 3.05) is 13.1 Å². The lowest BCUT2D eigenvalue weighted by molar-refractivity contribution is -0.129. The van der Waals surface area contributed by atoms with Gasteiger partial charge in [0.15, 0.2) is 0 Å². The van der Waals surface area contributed by atoms with E-state index in [1.54, 1.807) is 11.8 Å². The van der Waals surface area contributed by atoms with E-state index in [1.165, 1.54) is 0 Å². The molecule has 0 radical (unpaired) electrons. The quantitative estimate of drug-likeness (QED) is 0.643. The van der Waals surface area contributed by atoms with E-state index in [0.29, 0.717) is 13.1 Å². The summed E-state index contributed by atoms with van der Waals surface area (Å²) in [7, 11) is 0. The zero-order valence-corrected chi connectivity index (χ0v) is 9.00. The van der Waals surface area contributed by atoms with Gasteiger partial charge in [0, 0.05) is 19.0 Å². The van der Waals surface area contributed by atoms with Crippen LogP contribution in [0.5, 0.6) is 0 Å². The van der Waals surface area contributed by atoms with Gasteiger partial charge >= 0.3 is 0 Å². The molecular formula is C9H17NO2S. The largest absolute Gasteiger partial charge is 0.391 e. The van der Waals surface area contributed by atoms with Gasteiger partial charge in [0.05, 0.1) is 11.4 Å². The van der Waals surface area contributed by atoms with Crippen molar-refractivity contribution in [3.63, 3.8) is 0 Å². The lowest BCUT2D eigenvalue weighted by Crippen LogP contribution is -2.34. The van der Waals surface area contributed by atoms with Crippen LogP contribution in [0.1, 0.15) is 20.3 Å². The van der Waals surface area contributed by atoms with Crippen LogP contribution in [-0.2, 0) is 4.79 Å². The number of likely N-dealkylation sites (tertiary alicyclic amines) is 1. The van der Waals surface area contributed by atoms with E-state index in [1.807, 2.05) is 6.92 Å². The summed E-state index contributed by atoms with van der Waals surface area (Å²) in [6, 6.07) is 0. The summed E-state index contributed by atoms with van der Waals surface area (Å²) in [5, 5.41) is 9.31. The van der Waals surface area contributed by atoms with E-state index in [4.69, 9.17) is 0 Å². The molecule has 0 bridgehead atoms. The maximum atomic E-state index is 11.5. The predicted molar refractivity (Wildman–Crippen MR) is 54.8 cm³/mol. The number of thiol groups is 1. The van der Waals surface area contributed by atoms with Crippen molar-refractivity contribution in [2.24, 2.45) is 5.92 Å². The van der Waals surface area contributed by atoms with Crippen molar-refractivity contribution in [1.29, 1.82) is 0 Å². The molecule has 1 N–H and O–H groups in total. The highest BCUT2D eigenvalue weighted by atomic mass is 32.1. The average molecular weight is 203 g/mol. The molecule has 1 heterocycles. The first-order chi connectivity index (χ1) is 6.06. The number of carbonyl (C=O) groups excluding carboxylic acids is 1. The van der Waals surface area contributed by atoms with Gasteiger partial charge < -0.3 is 10.0 Å². The van der Waals surface area contributed by atoms with E-state index in [0.717, 1.165) is 6.42 Å². The second-order valence-electron chi connectivity index (χ2n) is 3.65. The Balaban J connectivity index is 2.53. The SMILES string of the molecule is CCC1CN(C(=O)C(C)S)CC1O. The summed E-state index contributed by atoms with van der Waals surface area (Å²) in [6.45, 7) is 4.95. The molecule has 0 aliphatic carbocycles. The number of aliphatic hydroxyl groups is 1. The zero-order chi connectivity index (χ0) is 10.0. The molecule has 4 heteroatoms. The normalized spacial score (nSPS) is 30.6. The lowest BCUT2D eigenvalue weighted by Gasteiger charge is -2.17. The van der Waals surface area contributed by atoms with Crippen LogP contribution in [-0.4, -0.2) is 40.4 Å². The Morgan fingerprint density at radius 2 is 2.31 bits per heavy atom. The number of nitrogens with zero attached hydrogens (tertiary/aromatic N) is 1. The summed E-state index contributed by atoms with van der Waals surface area (Å²) in [5.41, 5.74) is 0. The molecular weight excluding hydrogens is 186 g/mol. The molecule has 0 aromatic carbocycles. The summed E-state index contributed by atoms with van der Waals surface area (Å²) in [4.78, 5) is 13.2. The Hall–Kier alpha value is -0.220. The minimum absolute atomic E-state index is 0.0262. The maximum absolute atomic E-state index is 11.5. The van der Waals surface area contributed by atoms with Gasteiger partial charge in [-0.05, 0) is 13.3 Å². The first-order valence-corrected chi connectivity index (χ1v) is 5.22. The summed E-state index contributed by atoms with van der Waals surface area (Å²) in [5.74, 6) is 0.273. The van der Waals surface area contributed by atoms with Crippen molar-refractivity contribution in [3.8, 4) is 0 Å². The highest BCUT2D eigenvalue weighted by molar-refractivity contribution is 7.81. The first kappa shape index (κ1) is 10.9. The molecule has 3 unspecified atom stereocenters. The molecule has 3 atom stereocenters. The molecule has 13 heavy (non-hydrogen) atoms. The van der Waals surface area contributed by atoms with Crippen molar-refractivity contribution in [1.82, 2.24) is 4.90 Å². The van der Waals surface area contributed by atoms with Gasteiger partial charge in [-0.2, -0.15) is 12.6 Å². The van der Waals surface area contributed by atoms with Gasteiger partial charge in [-0.15, -0.1) is 0 Å². The van der Waals surface area contributed by atoms with Crippen LogP contribution in [0.25, 0.3) is 0 Å². The highest BCUT2D eigenvalue weighted by Crippen LogP contribution is 2.21. The molecule has 1 aliphatic rings. The van der Waals surface area contributed by atoms with Crippen LogP contribution in [0.2, 0.25) is 0 Å². The second kappa shape index (κ2) is 4.33. The minimum atomic E-state index is -0.346. The molecule has 0 aromatic heterocycles. The minimum Gasteiger partial charge on any atom is -0.391 e. The molecule has 1 aliphatic heterocycles. The third-order valence-electron chi connectivity index (χ3n) is 2.60. The average Bonchev–Trinajstić information content (AvgIpc) is 2.45. The Morgan fingerprint density at radius 3 is 2.69 bits per heavy atom. The van der Waals surface area contributed by atoms with Crippen LogP contribution in [0.4, 0.5) is 0 Å². The molecule has 3 nitrogen and oxygen atoms in total. The molecule has 76 valence electrons. The number of hydrogen-bond donors (Lipinski definition) is 2. The van der Waals surface area contributed by atoms with Crippen LogP contribution >= 0.6 is 12.6 Å². The number of amides is 1. The number of aliphatic hydroxyl groups excluding tert-OH is 1. The molecule has 1 saturated heterocycles. The van der Waals surface area contributed by atoms with Gasteiger partial charge in [0.2, 0.25) is 5.91 Å². The van der Waals surface area contributed by atoms with Gasteiger partial charge in [-0.1, -0.05) is 6.92 Å². The molecule has 1 amide bonds. The monoisotopic (exact) mass is 203 g/mol. The molecule has 0 spiro atoms. The van der Waals surface area contributed by atoms with Crippen LogP contribution in [0, 0.1) is 5.92 Å². The van der Waals surface area contributed by atoms with Gasteiger partial charge in [-0.3, -0.25) is 4.79 Å². The molecule has 1 rings (SSSR count). The van der Waals surface area contributed by atoms with E-state index in [9.17, 15) is 9.90 Å². The standard InChI is InChI=1S/C9H17NO2S/c1-3-7-4-10(5-8(7)11)9(12)6(2)13/h6-8,11,13H,3-5H2,1-2H3. The summed E-state index contributed by atoms with van der Waals surface area (Å²) < 4.78 is 0. The van der Waals surface area contributed by atoms with Crippen molar-refractivity contribution in [2.45, 2.75) is 31.6 Å².